The molecule has 1 unspecified atom stereocenters. The highest BCUT2D eigenvalue weighted by molar-refractivity contribution is 7.10. The molecule has 3 rings (SSSR count). The smallest absolute Gasteiger partial charge is 0.188 e. The van der Waals surface area contributed by atoms with Gasteiger partial charge in [-0.25, -0.2) is 0 Å². The fraction of sp³-hybridized carbons (Fsp3) is 0.429. The average molecular weight is 260 g/mol. The zero-order valence-electron chi connectivity index (χ0n) is 10.4. The molecule has 3 nitrogen and oxygen atoms in total. The van der Waals surface area contributed by atoms with Crippen molar-refractivity contribution in [1.29, 1.82) is 0 Å². The van der Waals surface area contributed by atoms with Gasteiger partial charge < -0.3 is 0 Å². The Labute approximate surface area is 110 Å². The summed E-state index contributed by atoms with van der Waals surface area (Å²) in [6, 6.07) is 3.96. The molecule has 4 heteroatoms. The van der Waals surface area contributed by atoms with Crippen LogP contribution in [0, 0.1) is 0 Å². The Morgan fingerprint density at radius 1 is 1.56 bits per heavy atom. The van der Waals surface area contributed by atoms with E-state index >= 15 is 0 Å². The molecule has 2 aromatic heterocycles. The molecule has 0 bridgehead atoms. The topological polar surface area (TPSA) is 34.9 Å². The third-order valence-corrected chi connectivity index (χ3v) is 4.63. The molecule has 2 aromatic rings. The van der Waals surface area contributed by atoms with Crippen molar-refractivity contribution in [3.8, 4) is 0 Å². The number of aromatic nitrogens is 2. The van der Waals surface area contributed by atoms with Crippen LogP contribution in [-0.2, 0) is 13.0 Å². The van der Waals surface area contributed by atoms with Crippen molar-refractivity contribution in [1.82, 2.24) is 9.78 Å². The Bertz CT molecular complexity index is 570. The summed E-state index contributed by atoms with van der Waals surface area (Å²) in [6.45, 7) is 2.76. The highest BCUT2D eigenvalue weighted by Gasteiger charge is 2.29. The van der Waals surface area contributed by atoms with Crippen molar-refractivity contribution in [2.75, 3.05) is 0 Å². The summed E-state index contributed by atoms with van der Waals surface area (Å²) in [6.07, 6.45) is 4.93. The molecule has 2 heterocycles. The van der Waals surface area contributed by atoms with Gasteiger partial charge in [0.15, 0.2) is 5.78 Å². The van der Waals surface area contributed by atoms with E-state index < -0.39 is 0 Å². The second-order valence-electron chi connectivity index (χ2n) is 4.64. The standard InChI is InChI=1S/C14H16N2OS/c1-2-16-12(6-8-15-16)14(17)11-4-3-5-13-10(11)7-9-18-13/h6-9,11H,2-5H2,1H3. The normalized spacial score (nSPS) is 18.6. The van der Waals surface area contributed by atoms with E-state index in [1.165, 1.54) is 10.4 Å². The molecule has 0 fully saturated rings. The first-order valence-electron chi connectivity index (χ1n) is 6.43. The predicted molar refractivity (Wildman–Crippen MR) is 72.2 cm³/mol. The summed E-state index contributed by atoms with van der Waals surface area (Å²) in [5.74, 6) is 0.274. The van der Waals surface area contributed by atoms with Crippen molar-refractivity contribution in [3.05, 3.63) is 39.8 Å². The molecule has 1 aliphatic carbocycles. The van der Waals surface area contributed by atoms with Crippen molar-refractivity contribution in [2.24, 2.45) is 0 Å². The summed E-state index contributed by atoms with van der Waals surface area (Å²) < 4.78 is 1.79. The van der Waals surface area contributed by atoms with Gasteiger partial charge in [-0.05, 0) is 49.3 Å². The van der Waals surface area contributed by atoms with Gasteiger partial charge in [-0.15, -0.1) is 11.3 Å². The highest BCUT2D eigenvalue weighted by Crippen LogP contribution is 2.36. The number of carbonyl (C=O) groups is 1. The minimum absolute atomic E-state index is 0.0435. The summed E-state index contributed by atoms with van der Waals surface area (Å²) >= 11 is 1.78. The third kappa shape index (κ3) is 1.81. The minimum Gasteiger partial charge on any atom is -0.292 e. The lowest BCUT2D eigenvalue weighted by atomic mass is 9.84. The number of Topliss-reactive ketones (excluding diaryl/α,β-unsaturated/α-hetero) is 1. The van der Waals surface area contributed by atoms with E-state index in [2.05, 4.69) is 16.5 Å². The molecule has 1 aliphatic rings. The number of fused-ring (bicyclic) bond motifs is 1. The lowest BCUT2D eigenvalue weighted by molar-refractivity contribution is 0.0940. The zero-order valence-corrected chi connectivity index (χ0v) is 11.2. The number of carbonyl (C=O) groups excluding carboxylic acids is 1. The van der Waals surface area contributed by atoms with E-state index in [0.717, 1.165) is 31.5 Å². The molecule has 18 heavy (non-hydrogen) atoms. The maximum absolute atomic E-state index is 12.6. The van der Waals surface area contributed by atoms with Gasteiger partial charge in [0.05, 0.1) is 5.92 Å². The Hall–Kier alpha value is -1.42. The summed E-state index contributed by atoms with van der Waals surface area (Å²) in [4.78, 5) is 14.0. The number of thiophene rings is 1. The van der Waals surface area contributed by atoms with Gasteiger partial charge in [0.2, 0.25) is 0 Å². The average Bonchev–Trinajstić information content (AvgIpc) is 3.05. The molecule has 0 aliphatic heterocycles. The molecule has 0 radical (unpaired) electrons. The van der Waals surface area contributed by atoms with Gasteiger partial charge in [0.1, 0.15) is 5.69 Å². The SMILES string of the molecule is CCn1nccc1C(=O)C1CCCc2sccc21. The van der Waals surface area contributed by atoms with E-state index in [1.807, 2.05) is 13.0 Å². The largest absolute Gasteiger partial charge is 0.292 e. The van der Waals surface area contributed by atoms with Gasteiger partial charge in [0, 0.05) is 17.6 Å². The van der Waals surface area contributed by atoms with Gasteiger partial charge in [-0.2, -0.15) is 5.10 Å². The number of ketones is 1. The predicted octanol–water partition coefficient (Wildman–Crippen LogP) is 3.27. The van der Waals surface area contributed by atoms with Crippen LogP contribution in [0.4, 0.5) is 0 Å². The van der Waals surface area contributed by atoms with Gasteiger partial charge in [-0.1, -0.05) is 0 Å². The van der Waals surface area contributed by atoms with E-state index in [9.17, 15) is 4.79 Å². The lowest BCUT2D eigenvalue weighted by Gasteiger charge is -2.21. The molecule has 0 N–H and O–H groups in total. The Balaban J connectivity index is 1.95. The van der Waals surface area contributed by atoms with E-state index in [-0.39, 0.29) is 11.7 Å². The van der Waals surface area contributed by atoms with Crippen molar-refractivity contribution < 1.29 is 4.79 Å². The Kier molecular flexibility index (Phi) is 3.04. The Morgan fingerprint density at radius 2 is 2.44 bits per heavy atom. The van der Waals surface area contributed by atoms with Crippen LogP contribution in [0.3, 0.4) is 0 Å². The second kappa shape index (κ2) is 4.69. The van der Waals surface area contributed by atoms with Crippen LogP contribution in [0.15, 0.2) is 23.7 Å². The molecule has 0 aromatic carbocycles. The molecule has 0 spiro atoms. The maximum Gasteiger partial charge on any atom is 0.188 e. The van der Waals surface area contributed by atoms with Crippen LogP contribution in [0.1, 0.15) is 46.6 Å². The molecule has 1 atom stereocenters. The number of hydrogen-bond acceptors (Lipinski definition) is 3. The number of aryl methyl sites for hydroxylation is 2. The van der Waals surface area contributed by atoms with Crippen LogP contribution in [0.5, 0.6) is 0 Å². The van der Waals surface area contributed by atoms with Crippen molar-refractivity contribution >= 4 is 17.1 Å². The fourth-order valence-electron chi connectivity index (χ4n) is 2.73. The first kappa shape index (κ1) is 11.7. The quantitative estimate of drug-likeness (QED) is 0.794. The van der Waals surface area contributed by atoms with Crippen molar-refractivity contribution in [3.63, 3.8) is 0 Å². The molecular weight excluding hydrogens is 244 g/mol. The maximum atomic E-state index is 12.6. The summed E-state index contributed by atoms with van der Waals surface area (Å²) in [5.41, 5.74) is 2.00. The fourth-order valence-corrected chi connectivity index (χ4v) is 3.72. The van der Waals surface area contributed by atoms with Gasteiger partial charge >= 0.3 is 0 Å². The molecule has 0 amide bonds. The molecule has 0 saturated carbocycles. The van der Waals surface area contributed by atoms with Crippen LogP contribution in [-0.4, -0.2) is 15.6 Å². The molecular formula is C14H16N2OS. The van der Waals surface area contributed by atoms with E-state index in [0.29, 0.717) is 0 Å². The third-order valence-electron chi connectivity index (χ3n) is 3.64. The number of nitrogens with zero attached hydrogens (tertiary/aromatic N) is 2. The summed E-state index contributed by atoms with van der Waals surface area (Å²) in [5, 5.41) is 6.30. The first-order chi connectivity index (χ1) is 8.81. The van der Waals surface area contributed by atoms with Gasteiger partial charge in [-0.3, -0.25) is 9.48 Å². The first-order valence-corrected chi connectivity index (χ1v) is 7.31. The minimum atomic E-state index is 0.0435. The van der Waals surface area contributed by atoms with Crippen molar-refractivity contribution in [2.45, 2.75) is 38.6 Å². The zero-order chi connectivity index (χ0) is 12.5. The van der Waals surface area contributed by atoms with Crippen LogP contribution in [0.25, 0.3) is 0 Å². The van der Waals surface area contributed by atoms with Crippen LogP contribution < -0.4 is 0 Å². The molecule has 0 saturated heterocycles. The highest BCUT2D eigenvalue weighted by atomic mass is 32.1. The van der Waals surface area contributed by atoms with E-state index in [4.69, 9.17) is 0 Å². The van der Waals surface area contributed by atoms with Crippen LogP contribution >= 0.6 is 11.3 Å². The monoisotopic (exact) mass is 260 g/mol. The number of hydrogen-bond donors (Lipinski definition) is 0. The second-order valence-corrected chi connectivity index (χ2v) is 5.64. The summed E-state index contributed by atoms with van der Waals surface area (Å²) in [7, 11) is 0. The van der Waals surface area contributed by atoms with Crippen LogP contribution in [0.2, 0.25) is 0 Å². The van der Waals surface area contributed by atoms with E-state index in [1.54, 1.807) is 22.2 Å². The molecule has 94 valence electrons. The number of rotatable bonds is 3. The lowest BCUT2D eigenvalue weighted by Crippen LogP contribution is -2.20. The Morgan fingerprint density at radius 3 is 3.28 bits per heavy atom. The van der Waals surface area contributed by atoms with Gasteiger partial charge in [0.25, 0.3) is 0 Å².